The molecule has 5 rings (SSSR count). The summed E-state index contributed by atoms with van der Waals surface area (Å²) in [7, 11) is 0. The Morgan fingerprint density at radius 3 is 1.26 bits per heavy atom. The summed E-state index contributed by atoms with van der Waals surface area (Å²) < 4.78 is 0. The molecule has 3 aromatic carbocycles. The van der Waals surface area contributed by atoms with Crippen LogP contribution >= 0.6 is 0 Å². The molecular weight excluding hydrogens is 548 g/mol. The van der Waals surface area contributed by atoms with E-state index in [1.807, 2.05) is 24.5 Å². The normalized spacial score (nSPS) is 10.7. The maximum Gasteiger partial charge on any atom is 0.0970 e. The van der Waals surface area contributed by atoms with Crippen LogP contribution in [0.4, 0.5) is 0 Å². The Balaban J connectivity index is 0.00000180. The number of rotatable bonds is 2. The molecule has 0 atom stereocenters. The van der Waals surface area contributed by atoms with Crippen LogP contribution in [0.1, 0.15) is 0 Å². The maximum atomic E-state index is 4.67. The minimum Gasteiger partial charge on any atom is -0.254 e. The van der Waals surface area contributed by atoms with E-state index >= 15 is 0 Å². The topological polar surface area (TPSA) is 25.8 Å². The van der Waals surface area contributed by atoms with Crippen LogP contribution < -0.4 is 0 Å². The molecular formula is C24H16N2Th. The van der Waals surface area contributed by atoms with Crippen LogP contribution in [-0.2, 0) is 0 Å². The molecule has 0 radical (unpaired) electrons. The standard InChI is InChI=1S/C24H16N2.Th/c1-3-7-17(8-4-1)19-13-15-25-23-21(19)11-12-22-20(14-16-26-24(22)23)18-9-5-2-6-10-18;/h1-16H;. The molecule has 0 bridgehead atoms. The van der Waals surface area contributed by atoms with Gasteiger partial charge in [0.25, 0.3) is 0 Å². The predicted octanol–water partition coefficient (Wildman–Crippen LogP) is 6.12. The van der Waals surface area contributed by atoms with Crippen molar-refractivity contribution in [3.05, 3.63) is 97.3 Å². The molecule has 0 amide bonds. The molecule has 0 spiro atoms. The largest absolute Gasteiger partial charge is 0.254 e. The summed E-state index contributed by atoms with van der Waals surface area (Å²) in [6.45, 7) is 0. The molecule has 0 unspecified atom stereocenters. The summed E-state index contributed by atoms with van der Waals surface area (Å²) in [4.78, 5) is 9.34. The van der Waals surface area contributed by atoms with E-state index < -0.39 is 0 Å². The zero-order valence-corrected chi connectivity index (χ0v) is 18.7. The molecule has 0 N–H and O–H groups in total. The van der Waals surface area contributed by atoms with E-state index in [0.717, 1.165) is 21.8 Å². The van der Waals surface area contributed by atoms with Gasteiger partial charge < -0.3 is 0 Å². The van der Waals surface area contributed by atoms with Gasteiger partial charge in [0, 0.05) is 63.1 Å². The third-order valence-electron chi connectivity index (χ3n) is 4.79. The van der Waals surface area contributed by atoms with Gasteiger partial charge in [0.05, 0.1) is 11.0 Å². The first-order chi connectivity index (χ1) is 12.9. The summed E-state index contributed by atoms with van der Waals surface area (Å²) in [5, 5.41) is 2.26. The Kier molecular flexibility index (Phi) is 5.26. The predicted molar refractivity (Wildman–Crippen MR) is 108 cm³/mol. The van der Waals surface area contributed by atoms with Crippen molar-refractivity contribution in [3.8, 4) is 22.3 Å². The Hall–Kier alpha value is -2.20. The minimum atomic E-state index is 0. The van der Waals surface area contributed by atoms with Gasteiger partial charge in [-0.2, -0.15) is 0 Å². The van der Waals surface area contributed by atoms with Crippen molar-refractivity contribution in [2.75, 3.05) is 0 Å². The molecule has 0 aliphatic heterocycles. The number of pyridine rings is 2. The van der Waals surface area contributed by atoms with E-state index in [0.29, 0.717) is 0 Å². The molecule has 5 aromatic rings. The molecule has 2 heterocycles. The number of benzene rings is 3. The fourth-order valence-electron chi connectivity index (χ4n) is 3.57. The van der Waals surface area contributed by atoms with Crippen LogP contribution in [0.2, 0.25) is 0 Å². The van der Waals surface area contributed by atoms with Crippen molar-refractivity contribution in [1.82, 2.24) is 9.97 Å². The van der Waals surface area contributed by atoms with Crippen LogP contribution in [0.25, 0.3) is 44.1 Å². The molecule has 0 saturated heterocycles. The maximum absolute atomic E-state index is 4.67. The average Bonchev–Trinajstić information content (AvgIpc) is 2.74. The fraction of sp³-hybridized carbons (Fsp3) is 0. The summed E-state index contributed by atoms with van der Waals surface area (Å²) >= 11 is 0. The minimum absolute atomic E-state index is 0. The van der Waals surface area contributed by atoms with Gasteiger partial charge in [-0.25, -0.2) is 0 Å². The van der Waals surface area contributed by atoms with E-state index in [4.69, 9.17) is 0 Å². The Morgan fingerprint density at radius 1 is 0.444 bits per heavy atom. The van der Waals surface area contributed by atoms with E-state index in [-0.39, 0.29) is 39.9 Å². The van der Waals surface area contributed by atoms with Crippen LogP contribution in [-0.4, -0.2) is 9.97 Å². The van der Waals surface area contributed by atoms with E-state index in [1.54, 1.807) is 0 Å². The van der Waals surface area contributed by atoms with Crippen molar-refractivity contribution in [3.63, 3.8) is 0 Å². The molecule has 0 saturated carbocycles. The Morgan fingerprint density at radius 2 is 0.852 bits per heavy atom. The summed E-state index contributed by atoms with van der Waals surface area (Å²) in [5.74, 6) is 0. The monoisotopic (exact) mass is 564 g/mol. The smallest absolute Gasteiger partial charge is 0.0970 e. The zero-order valence-electron chi connectivity index (χ0n) is 14.6. The first-order valence-electron chi connectivity index (χ1n) is 8.69. The van der Waals surface area contributed by atoms with Crippen LogP contribution in [0, 0.1) is 39.9 Å². The molecule has 126 valence electrons. The van der Waals surface area contributed by atoms with Gasteiger partial charge >= 0.3 is 0 Å². The van der Waals surface area contributed by atoms with Gasteiger partial charge in [-0.15, -0.1) is 0 Å². The first-order valence-corrected chi connectivity index (χ1v) is 8.69. The van der Waals surface area contributed by atoms with Crippen molar-refractivity contribution in [2.24, 2.45) is 0 Å². The number of fused-ring (bicyclic) bond motifs is 3. The first kappa shape index (κ1) is 18.2. The van der Waals surface area contributed by atoms with Crippen molar-refractivity contribution >= 4 is 21.8 Å². The van der Waals surface area contributed by atoms with Gasteiger partial charge in [-0.3, -0.25) is 9.97 Å². The van der Waals surface area contributed by atoms with Crippen LogP contribution in [0.5, 0.6) is 0 Å². The second-order valence-corrected chi connectivity index (χ2v) is 6.31. The van der Waals surface area contributed by atoms with Gasteiger partial charge in [0.15, 0.2) is 0 Å². The van der Waals surface area contributed by atoms with Crippen molar-refractivity contribution < 1.29 is 39.9 Å². The Bertz CT molecular complexity index is 1120. The van der Waals surface area contributed by atoms with E-state index in [1.165, 1.54) is 22.3 Å². The molecule has 0 fully saturated rings. The molecule has 0 aliphatic rings. The average molecular weight is 564 g/mol. The third kappa shape index (κ3) is 3.27. The summed E-state index contributed by atoms with van der Waals surface area (Å²) in [6.07, 6.45) is 3.75. The molecule has 0 aliphatic carbocycles. The van der Waals surface area contributed by atoms with Crippen molar-refractivity contribution in [1.29, 1.82) is 0 Å². The van der Waals surface area contributed by atoms with Crippen LogP contribution in [0.15, 0.2) is 97.3 Å². The number of aromatic nitrogens is 2. The zero-order chi connectivity index (χ0) is 17.3. The summed E-state index contributed by atoms with van der Waals surface area (Å²) in [6, 6.07) is 29.3. The number of hydrogen-bond donors (Lipinski definition) is 0. The summed E-state index contributed by atoms with van der Waals surface area (Å²) in [5.41, 5.74) is 6.65. The number of hydrogen-bond acceptors (Lipinski definition) is 2. The SMILES string of the molecule is [Th].c1ccc(-c2ccnc3c2ccc2c(-c4ccccc4)ccnc23)cc1. The Labute approximate surface area is 190 Å². The van der Waals surface area contributed by atoms with Gasteiger partial charge in [-0.05, 0) is 34.4 Å². The van der Waals surface area contributed by atoms with Gasteiger partial charge in [0.2, 0.25) is 0 Å². The fourth-order valence-corrected chi connectivity index (χ4v) is 3.57. The molecule has 27 heavy (non-hydrogen) atoms. The second-order valence-electron chi connectivity index (χ2n) is 6.31. The van der Waals surface area contributed by atoms with E-state index in [2.05, 4.69) is 82.8 Å². The molecule has 3 heteroatoms. The van der Waals surface area contributed by atoms with Gasteiger partial charge in [0.1, 0.15) is 0 Å². The van der Waals surface area contributed by atoms with Crippen molar-refractivity contribution in [2.45, 2.75) is 0 Å². The molecule has 2 nitrogen and oxygen atoms in total. The van der Waals surface area contributed by atoms with E-state index in [9.17, 15) is 0 Å². The number of nitrogens with zero attached hydrogens (tertiary/aromatic N) is 2. The van der Waals surface area contributed by atoms with Crippen LogP contribution in [0.3, 0.4) is 0 Å². The third-order valence-corrected chi connectivity index (χ3v) is 4.79. The quantitative estimate of drug-likeness (QED) is 0.242. The molecule has 2 aromatic heterocycles. The van der Waals surface area contributed by atoms with Gasteiger partial charge in [-0.1, -0.05) is 72.8 Å². The second kappa shape index (κ2) is 7.81.